The summed E-state index contributed by atoms with van der Waals surface area (Å²) < 4.78 is 0. The van der Waals surface area contributed by atoms with Gasteiger partial charge in [-0.2, -0.15) is 0 Å². The van der Waals surface area contributed by atoms with Crippen molar-refractivity contribution >= 4 is 0 Å². The van der Waals surface area contributed by atoms with Crippen molar-refractivity contribution in [2.45, 2.75) is 26.7 Å². The molecule has 45 valence electrons. The summed E-state index contributed by atoms with van der Waals surface area (Å²) in [5.41, 5.74) is 1.16. The van der Waals surface area contributed by atoms with E-state index in [-0.39, 0.29) is 0 Å². The minimum atomic E-state index is 1.15. The Morgan fingerprint density at radius 1 is 1.75 bits per heavy atom. The van der Waals surface area contributed by atoms with Crippen LogP contribution in [-0.4, -0.2) is 0 Å². The van der Waals surface area contributed by atoms with Gasteiger partial charge < -0.3 is 0 Å². The van der Waals surface area contributed by atoms with Crippen LogP contribution < -0.4 is 0 Å². The van der Waals surface area contributed by atoms with Crippen molar-refractivity contribution in [3.05, 3.63) is 24.3 Å². The third-order valence-electron chi connectivity index (χ3n) is 1.02. The Kier molecular flexibility index (Phi) is 4.33. The lowest BCUT2D eigenvalue weighted by Gasteiger charge is -1.86. The van der Waals surface area contributed by atoms with Crippen molar-refractivity contribution in [2.24, 2.45) is 0 Å². The van der Waals surface area contributed by atoms with Crippen molar-refractivity contribution < 1.29 is 0 Å². The van der Waals surface area contributed by atoms with Crippen molar-refractivity contribution in [1.82, 2.24) is 0 Å². The highest BCUT2D eigenvalue weighted by Gasteiger charge is 1.76. The molecule has 0 rings (SSSR count). The summed E-state index contributed by atoms with van der Waals surface area (Å²) in [5, 5.41) is 0. The van der Waals surface area contributed by atoms with E-state index in [1.54, 1.807) is 0 Å². The molecule has 0 nitrogen and oxygen atoms in total. The first-order valence-electron chi connectivity index (χ1n) is 3.01. The van der Waals surface area contributed by atoms with Crippen LogP contribution in [0.3, 0.4) is 0 Å². The van der Waals surface area contributed by atoms with Crippen LogP contribution in [0.2, 0.25) is 0 Å². The highest BCUT2D eigenvalue weighted by atomic mass is 13.8. The standard InChI is InChI=1S/C8H13/c1-4-6-7-8(3)5-2/h7H,2,4,6H2,1,3H3. The topological polar surface area (TPSA) is 0 Å². The summed E-state index contributed by atoms with van der Waals surface area (Å²) in [6.45, 7) is 7.70. The van der Waals surface area contributed by atoms with Gasteiger partial charge in [0.2, 0.25) is 0 Å². The smallest absolute Gasteiger partial charge is 0.0233 e. The summed E-state index contributed by atoms with van der Waals surface area (Å²) in [6.07, 6.45) is 7.31. The van der Waals surface area contributed by atoms with Crippen molar-refractivity contribution in [3.8, 4) is 0 Å². The van der Waals surface area contributed by atoms with Gasteiger partial charge in [0.05, 0.1) is 0 Å². The van der Waals surface area contributed by atoms with Crippen LogP contribution in [0, 0.1) is 6.08 Å². The maximum Gasteiger partial charge on any atom is -0.0233 e. The van der Waals surface area contributed by atoms with E-state index < -0.39 is 0 Å². The van der Waals surface area contributed by atoms with Gasteiger partial charge in [-0.3, -0.25) is 0 Å². The third kappa shape index (κ3) is 3.66. The van der Waals surface area contributed by atoms with Crippen molar-refractivity contribution in [2.75, 3.05) is 0 Å². The molecule has 1 radical (unpaired) electrons. The molecule has 0 amide bonds. The Bertz CT molecular complexity index is 88.2. The first-order valence-corrected chi connectivity index (χ1v) is 3.01. The minimum absolute atomic E-state index is 1.15. The molecule has 0 aromatic carbocycles. The van der Waals surface area contributed by atoms with Crippen molar-refractivity contribution in [1.29, 1.82) is 0 Å². The maximum atomic E-state index is 3.52. The van der Waals surface area contributed by atoms with Crippen LogP contribution in [0.15, 0.2) is 18.2 Å². The molecular formula is C8H13. The number of rotatable bonds is 3. The molecule has 0 bridgehead atoms. The Morgan fingerprint density at radius 3 is 2.75 bits per heavy atom. The summed E-state index contributed by atoms with van der Waals surface area (Å²) in [4.78, 5) is 0. The zero-order chi connectivity index (χ0) is 6.41. The summed E-state index contributed by atoms with van der Waals surface area (Å²) in [5.74, 6) is 0. The predicted molar refractivity (Wildman–Crippen MR) is 37.5 cm³/mol. The normalized spacial score (nSPS) is 11.5. The largest absolute Gasteiger partial charge is 0.0909 e. The molecule has 0 aliphatic heterocycles. The highest BCUT2D eigenvalue weighted by Crippen LogP contribution is 1.96. The molecule has 0 unspecified atom stereocenters. The van der Waals surface area contributed by atoms with Crippen molar-refractivity contribution in [3.63, 3.8) is 0 Å². The van der Waals surface area contributed by atoms with Gasteiger partial charge in [0, 0.05) is 0 Å². The van der Waals surface area contributed by atoms with Gasteiger partial charge in [-0.25, -0.2) is 0 Å². The SMILES string of the molecule is C=[C]C(C)=CCCC. The third-order valence-corrected chi connectivity index (χ3v) is 1.02. The molecule has 0 saturated carbocycles. The van der Waals surface area contributed by atoms with E-state index in [2.05, 4.69) is 25.7 Å². The first kappa shape index (κ1) is 7.48. The molecule has 8 heavy (non-hydrogen) atoms. The van der Waals surface area contributed by atoms with Gasteiger partial charge in [0.25, 0.3) is 0 Å². The number of allylic oxidation sites excluding steroid dienone is 3. The fourth-order valence-electron chi connectivity index (χ4n) is 0.433. The molecule has 0 saturated heterocycles. The predicted octanol–water partition coefficient (Wildman–Crippen LogP) is 2.72. The van der Waals surface area contributed by atoms with E-state index in [4.69, 9.17) is 0 Å². The van der Waals surface area contributed by atoms with E-state index >= 15 is 0 Å². The summed E-state index contributed by atoms with van der Waals surface area (Å²) in [7, 11) is 0. The molecule has 0 atom stereocenters. The quantitative estimate of drug-likeness (QED) is 0.489. The molecule has 0 heterocycles. The zero-order valence-electron chi connectivity index (χ0n) is 5.70. The molecule has 0 spiro atoms. The molecular weight excluding hydrogens is 96.1 g/mol. The van der Waals surface area contributed by atoms with Gasteiger partial charge in [0.15, 0.2) is 0 Å². The summed E-state index contributed by atoms with van der Waals surface area (Å²) >= 11 is 0. The maximum absolute atomic E-state index is 3.52. The van der Waals surface area contributed by atoms with Gasteiger partial charge in [-0.15, -0.1) is 0 Å². The van der Waals surface area contributed by atoms with Gasteiger partial charge in [-0.1, -0.05) is 26.0 Å². The van der Waals surface area contributed by atoms with Gasteiger partial charge >= 0.3 is 0 Å². The van der Waals surface area contributed by atoms with E-state index in [1.165, 1.54) is 6.42 Å². The van der Waals surface area contributed by atoms with Crippen LogP contribution in [0.1, 0.15) is 26.7 Å². The lowest BCUT2D eigenvalue weighted by atomic mass is 10.2. The lowest BCUT2D eigenvalue weighted by Crippen LogP contribution is -1.67. The Labute approximate surface area is 51.9 Å². The second-order valence-corrected chi connectivity index (χ2v) is 1.85. The minimum Gasteiger partial charge on any atom is -0.0909 e. The van der Waals surface area contributed by atoms with Crippen LogP contribution in [0.5, 0.6) is 0 Å². The Balaban J connectivity index is 3.40. The average Bonchev–Trinajstić information content (AvgIpc) is 1.83. The molecule has 0 N–H and O–H groups in total. The molecule has 0 aliphatic rings. The van der Waals surface area contributed by atoms with E-state index in [1.807, 2.05) is 6.92 Å². The number of hydrogen-bond donors (Lipinski definition) is 0. The molecule has 0 heteroatoms. The fraction of sp³-hybridized carbons (Fsp3) is 0.500. The Morgan fingerprint density at radius 2 is 2.38 bits per heavy atom. The lowest BCUT2D eigenvalue weighted by molar-refractivity contribution is 0.951. The van der Waals surface area contributed by atoms with Crippen LogP contribution in [0.25, 0.3) is 0 Å². The zero-order valence-corrected chi connectivity index (χ0v) is 5.70. The van der Waals surface area contributed by atoms with Crippen LogP contribution in [-0.2, 0) is 0 Å². The first-order chi connectivity index (χ1) is 3.81. The van der Waals surface area contributed by atoms with E-state index in [0.29, 0.717) is 0 Å². The second-order valence-electron chi connectivity index (χ2n) is 1.85. The number of hydrogen-bond acceptors (Lipinski definition) is 0. The Hall–Kier alpha value is -0.520. The monoisotopic (exact) mass is 109 g/mol. The number of unbranched alkanes of at least 4 members (excludes halogenated alkanes) is 1. The van der Waals surface area contributed by atoms with Gasteiger partial charge in [-0.05, 0) is 25.0 Å². The van der Waals surface area contributed by atoms with Crippen LogP contribution in [0.4, 0.5) is 0 Å². The molecule has 0 fully saturated rings. The van der Waals surface area contributed by atoms with E-state index in [0.717, 1.165) is 12.0 Å². The van der Waals surface area contributed by atoms with Crippen LogP contribution >= 0.6 is 0 Å². The molecule has 0 aliphatic carbocycles. The van der Waals surface area contributed by atoms with Gasteiger partial charge in [0.1, 0.15) is 0 Å². The second kappa shape index (κ2) is 4.63. The highest BCUT2D eigenvalue weighted by molar-refractivity contribution is 5.05. The molecule has 0 aromatic rings. The average molecular weight is 109 g/mol. The van der Waals surface area contributed by atoms with E-state index in [9.17, 15) is 0 Å². The molecule has 0 aromatic heterocycles. The fourth-order valence-corrected chi connectivity index (χ4v) is 0.433. The summed E-state index contributed by atoms with van der Waals surface area (Å²) in [6, 6.07) is 0.